The average molecular weight is 266 g/mol. The van der Waals surface area contributed by atoms with Crippen LogP contribution < -0.4 is 4.57 Å². The van der Waals surface area contributed by atoms with E-state index in [0.717, 1.165) is 22.0 Å². The second-order valence-electron chi connectivity index (χ2n) is 4.89. The van der Waals surface area contributed by atoms with E-state index in [-0.39, 0.29) is 0 Å². The van der Waals surface area contributed by atoms with E-state index in [2.05, 4.69) is 9.97 Å². The molecule has 5 rings (SSSR count). The number of furan rings is 1. The van der Waals surface area contributed by atoms with Crippen LogP contribution in [0.3, 0.4) is 0 Å². The van der Waals surface area contributed by atoms with E-state index in [1.165, 1.54) is 4.57 Å². The third-order valence-corrected chi connectivity index (χ3v) is 3.84. The number of rotatable bonds is 0. The van der Waals surface area contributed by atoms with Crippen molar-refractivity contribution in [3.8, 4) is 11.4 Å². The van der Waals surface area contributed by atoms with Crippen LogP contribution in [0.25, 0.3) is 33.7 Å². The molecule has 0 atom stereocenters. The van der Waals surface area contributed by atoms with Crippen LogP contribution in [0.5, 0.6) is 0 Å². The molecule has 0 aromatic carbocycles. The van der Waals surface area contributed by atoms with E-state index < -0.39 is 6.98 Å². The first-order chi connectivity index (χ1) is 11.1. The fraction of sp³-hybridized carbons (Fsp3) is 0.133. The van der Waals surface area contributed by atoms with Crippen LogP contribution in [0, 0.1) is 0 Å². The first kappa shape index (κ1) is 7.79. The summed E-state index contributed by atoms with van der Waals surface area (Å²) in [6, 6.07) is 5.56. The predicted octanol–water partition coefficient (Wildman–Crippen LogP) is 2.03. The van der Waals surface area contributed by atoms with Gasteiger partial charge in [-0.3, -0.25) is 4.98 Å². The zero-order valence-corrected chi connectivity index (χ0v) is 10.4. The molecule has 96 valence electrons. The predicted molar refractivity (Wildman–Crippen MR) is 73.0 cm³/mol. The number of nitrogens with zero attached hydrogens (tertiary/aromatic N) is 4. The SMILES string of the molecule is [2H]C([2H])([2H])[n+]1c2n(c3c4cccnc4oc31)Cc1cnccc1-2. The Morgan fingerprint density at radius 2 is 2.40 bits per heavy atom. The summed E-state index contributed by atoms with van der Waals surface area (Å²) < 4.78 is 32.9. The lowest BCUT2D eigenvalue weighted by atomic mass is 10.2. The van der Waals surface area contributed by atoms with Crippen molar-refractivity contribution < 1.29 is 13.1 Å². The normalized spacial score (nSPS) is 15.9. The van der Waals surface area contributed by atoms with Crippen LogP contribution in [-0.2, 0) is 13.5 Å². The third-order valence-electron chi connectivity index (χ3n) is 3.84. The van der Waals surface area contributed by atoms with Gasteiger partial charge in [0.25, 0.3) is 5.82 Å². The fourth-order valence-electron chi connectivity index (χ4n) is 3.00. The maximum absolute atomic E-state index is 7.94. The van der Waals surface area contributed by atoms with Crippen LogP contribution in [0.15, 0.2) is 41.2 Å². The summed E-state index contributed by atoms with van der Waals surface area (Å²) >= 11 is 0. The van der Waals surface area contributed by atoms with Gasteiger partial charge in [-0.2, -0.15) is 4.57 Å². The molecule has 5 nitrogen and oxygen atoms in total. The average Bonchev–Trinajstić information content (AvgIpc) is 3.12. The Morgan fingerprint density at radius 3 is 3.35 bits per heavy atom. The molecule has 0 bridgehead atoms. The standard InChI is InChI=1S/C15H11N4O/c1-18-14-10-4-6-16-7-9(10)8-19(14)12-11-3-2-5-17-13(11)20-15(12)18/h2-7H,8H2,1H3/q+1/i1D3. The lowest BCUT2D eigenvalue weighted by molar-refractivity contribution is -0.640. The van der Waals surface area contributed by atoms with Gasteiger partial charge in [-0.05, 0) is 18.2 Å². The van der Waals surface area contributed by atoms with Crippen molar-refractivity contribution in [1.29, 1.82) is 0 Å². The lowest BCUT2D eigenvalue weighted by Gasteiger charge is -1.93. The highest BCUT2D eigenvalue weighted by atomic mass is 16.4. The summed E-state index contributed by atoms with van der Waals surface area (Å²) in [5.74, 6) is 0.627. The molecule has 20 heavy (non-hydrogen) atoms. The molecule has 0 N–H and O–H groups in total. The number of aromatic nitrogens is 4. The van der Waals surface area contributed by atoms with Gasteiger partial charge in [0, 0.05) is 24.2 Å². The molecule has 1 aliphatic rings. The summed E-state index contributed by atoms with van der Waals surface area (Å²) in [5.41, 5.74) is 3.41. The highest BCUT2D eigenvalue weighted by molar-refractivity contribution is 6.00. The lowest BCUT2D eigenvalue weighted by Crippen LogP contribution is -2.29. The molecule has 0 unspecified atom stereocenters. The summed E-state index contributed by atoms with van der Waals surface area (Å²) in [5, 5.41) is 0.813. The highest BCUT2D eigenvalue weighted by Gasteiger charge is 2.36. The van der Waals surface area contributed by atoms with Crippen molar-refractivity contribution in [1.82, 2.24) is 14.5 Å². The second kappa shape index (κ2) is 3.25. The Balaban J connectivity index is 2.01. The number of pyridine rings is 2. The van der Waals surface area contributed by atoms with Crippen molar-refractivity contribution in [2.45, 2.75) is 6.54 Å². The van der Waals surface area contributed by atoms with E-state index >= 15 is 0 Å². The molecule has 4 aromatic heterocycles. The number of aryl methyl sites for hydroxylation is 1. The zero-order valence-electron chi connectivity index (χ0n) is 13.4. The first-order valence-corrected chi connectivity index (χ1v) is 6.31. The zero-order chi connectivity index (χ0) is 15.8. The minimum Gasteiger partial charge on any atom is -0.400 e. The molecule has 1 aliphatic heterocycles. The van der Waals surface area contributed by atoms with Crippen LogP contribution >= 0.6 is 0 Å². The van der Waals surface area contributed by atoms with Crippen LogP contribution in [-0.4, -0.2) is 14.5 Å². The van der Waals surface area contributed by atoms with Gasteiger partial charge >= 0.3 is 5.71 Å². The van der Waals surface area contributed by atoms with E-state index in [0.29, 0.717) is 23.8 Å². The minimum absolute atomic E-state index is 0.330. The first-order valence-electron chi connectivity index (χ1n) is 7.81. The van der Waals surface area contributed by atoms with E-state index in [1.807, 2.05) is 22.8 Å². The Kier molecular flexibility index (Phi) is 1.27. The minimum atomic E-state index is -2.35. The van der Waals surface area contributed by atoms with Gasteiger partial charge in [0.1, 0.15) is 6.54 Å². The molecule has 0 aliphatic carbocycles. The smallest absolute Gasteiger partial charge is 0.340 e. The second-order valence-corrected chi connectivity index (χ2v) is 4.89. The van der Waals surface area contributed by atoms with Gasteiger partial charge in [0.15, 0.2) is 0 Å². The molecule has 5 heterocycles. The van der Waals surface area contributed by atoms with Crippen molar-refractivity contribution in [2.75, 3.05) is 0 Å². The largest absolute Gasteiger partial charge is 0.400 e. The molecule has 5 heteroatoms. The Labute approximate surface area is 118 Å². The summed E-state index contributed by atoms with van der Waals surface area (Å²) in [6.45, 7) is -1.78. The van der Waals surface area contributed by atoms with Crippen molar-refractivity contribution in [3.05, 3.63) is 42.4 Å². The van der Waals surface area contributed by atoms with Crippen LogP contribution in [0.4, 0.5) is 0 Å². The van der Waals surface area contributed by atoms with Crippen LogP contribution in [0.1, 0.15) is 9.68 Å². The van der Waals surface area contributed by atoms with Gasteiger partial charge in [0.05, 0.1) is 22.0 Å². The molecule has 0 saturated heterocycles. The number of hydrogen-bond donors (Lipinski definition) is 0. The van der Waals surface area contributed by atoms with Crippen LogP contribution in [0.2, 0.25) is 0 Å². The highest BCUT2D eigenvalue weighted by Crippen LogP contribution is 2.36. The summed E-state index contributed by atoms with van der Waals surface area (Å²) in [6.07, 6.45) is 5.08. The summed E-state index contributed by atoms with van der Waals surface area (Å²) in [7, 11) is 0. The Bertz CT molecular complexity index is 1090. The maximum Gasteiger partial charge on any atom is 0.340 e. The topological polar surface area (TPSA) is 47.7 Å². The number of imidazole rings is 1. The molecule has 0 radical (unpaired) electrons. The maximum atomic E-state index is 7.94. The molecule has 0 amide bonds. The number of fused-ring (bicyclic) bond motifs is 7. The molecule has 0 saturated carbocycles. The molecule has 0 fully saturated rings. The molecular weight excluding hydrogens is 252 g/mol. The molecular formula is C15H11N4O+. The van der Waals surface area contributed by atoms with Crippen molar-refractivity contribution in [3.63, 3.8) is 0 Å². The van der Waals surface area contributed by atoms with Gasteiger partial charge in [0.2, 0.25) is 11.2 Å². The van der Waals surface area contributed by atoms with Crippen molar-refractivity contribution in [2.24, 2.45) is 6.98 Å². The Morgan fingerprint density at radius 1 is 1.40 bits per heavy atom. The van der Waals surface area contributed by atoms with Gasteiger partial charge in [-0.15, -0.1) is 0 Å². The van der Waals surface area contributed by atoms with E-state index in [4.69, 9.17) is 8.53 Å². The van der Waals surface area contributed by atoms with E-state index in [9.17, 15) is 0 Å². The molecule has 4 aromatic rings. The van der Waals surface area contributed by atoms with Gasteiger partial charge in [-0.1, -0.05) is 0 Å². The molecule has 0 spiro atoms. The van der Waals surface area contributed by atoms with Gasteiger partial charge < -0.3 is 4.42 Å². The fourth-order valence-corrected chi connectivity index (χ4v) is 3.00. The van der Waals surface area contributed by atoms with Gasteiger partial charge in [-0.25, -0.2) is 9.55 Å². The van der Waals surface area contributed by atoms with Crippen molar-refractivity contribution >= 4 is 22.3 Å². The summed E-state index contributed by atoms with van der Waals surface area (Å²) in [4.78, 5) is 8.34. The number of hydrogen-bond acceptors (Lipinski definition) is 3. The monoisotopic (exact) mass is 266 g/mol. The van der Waals surface area contributed by atoms with E-state index in [1.54, 1.807) is 18.6 Å². The Hall–Kier alpha value is -2.69. The third kappa shape index (κ3) is 1.02. The quantitative estimate of drug-likeness (QED) is 0.403.